The van der Waals surface area contributed by atoms with Gasteiger partial charge in [0, 0.05) is 32.2 Å². The van der Waals surface area contributed by atoms with E-state index in [9.17, 15) is 27.6 Å². The lowest BCUT2D eigenvalue weighted by molar-refractivity contribution is -0.143. The van der Waals surface area contributed by atoms with Crippen LogP contribution in [0.1, 0.15) is 106 Å². The molecule has 2 rings (SSSR count). The van der Waals surface area contributed by atoms with Gasteiger partial charge in [-0.3, -0.25) is 19.1 Å². The number of aromatic nitrogens is 1. The number of sulfonamides is 1. The Kier molecular flexibility index (Phi) is 25.2. The first-order valence-electron chi connectivity index (χ1n) is 19.2. The first kappa shape index (κ1) is 47.2. The molecule has 0 unspecified atom stereocenters. The van der Waals surface area contributed by atoms with Gasteiger partial charge in [-0.15, -0.1) is 0 Å². The van der Waals surface area contributed by atoms with Crippen LogP contribution in [0.3, 0.4) is 0 Å². The number of carboxylic acids is 2. The number of Topliss-reactive ketones (excluding diaryl/α,β-unsaturated/α-hetero) is 1. The molecule has 0 bridgehead atoms. The Morgan fingerprint density at radius 2 is 1.18 bits per heavy atom. The smallest absolute Gasteiger partial charge is 0.329 e. The number of aliphatic carboxylic acids is 2. The molecule has 1 aromatic carbocycles. The van der Waals surface area contributed by atoms with Crippen LogP contribution in [0.5, 0.6) is 0 Å². The summed E-state index contributed by atoms with van der Waals surface area (Å²) in [6, 6.07) is 9.74. The fraction of sp³-hybridized carbons (Fsp3) is 0.615. The maximum atomic E-state index is 12.9. The number of nitrogens with zero attached hydrogens (tertiary/aromatic N) is 1. The molecule has 1 heterocycles. The molecule has 0 aliphatic rings. The second kappa shape index (κ2) is 29.3. The lowest BCUT2D eigenvalue weighted by Gasteiger charge is -2.10. The molecule has 0 aliphatic carbocycles. The standard InChI is InChI=1S/C39H59N3O12S/c43-34(14-12-23-51-25-28-54-31-38(46)47)30-53-27-26-52-24-22-40-39(48)33-18-21-36(41-29-33)42-55(49,50)35-19-16-32(17-20-35)13-10-8-6-4-2-1-3-5-7-9-11-15-37(44)45/h16-21,29H,1-15,22-28,30-31H2,(H,40,48)(H,41,42)(H,44,45)(H,46,47). The Morgan fingerprint density at radius 1 is 0.600 bits per heavy atom. The lowest BCUT2D eigenvalue weighted by atomic mass is 10.0. The van der Waals surface area contributed by atoms with Crippen LogP contribution in [0.25, 0.3) is 0 Å². The monoisotopic (exact) mass is 793 g/mol. The summed E-state index contributed by atoms with van der Waals surface area (Å²) < 4.78 is 49.1. The Balaban J connectivity index is 1.51. The number of anilines is 1. The van der Waals surface area contributed by atoms with Crippen molar-refractivity contribution in [3.8, 4) is 0 Å². The van der Waals surface area contributed by atoms with Crippen LogP contribution in [0.15, 0.2) is 47.5 Å². The van der Waals surface area contributed by atoms with E-state index in [-0.39, 0.29) is 81.3 Å². The lowest BCUT2D eigenvalue weighted by Crippen LogP contribution is -2.28. The maximum Gasteiger partial charge on any atom is 0.329 e. The van der Waals surface area contributed by atoms with E-state index in [4.69, 9.17) is 29.2 Å². The zero-order valence-corrected chi connectivity index (χ0v) is 32.7. The molecule has 15 nitrogen and oxygen atoms in total. The van der Waals surface area contributed by atoms with E-state index < -0.39 is 27.9 Å². The number of ketones is 1. The summed E-state index contributed by atoms with van der Waals surface area (Å²) >= 11 is 0. The number of hydrogen-bond donors (Lipinski definition) is 4. The van der Waals surface area contributed by atoms with Gasteiger partial charge in [0.1, 0.15) is 19.0 Å². The number of ether oxygens (including phenoxy) is 4. The number of pyridine rings is 1. The minimum atomic E-state index is -3.86. The van der Waals surface area contributed by atoms with Gasteiger partial charge >= 0.3 is 11.9 Å². The van der Waals surface area contributed by atoms with Crippen molar-refractivity contribution >= 4 is 39.5 Å². The molecule has 0 spiro atoms. The van der Waals surface area contributed by atoms with Gasteiger partial charge in [-0.1, -0.05) is 69.9 Å². The van der Waals surface area contributed by atoms with Gasteiger partial charge in [-0.2, -0.15) is 0 Å². The second-order valence-corrected chi connectivity index (χ2v) is 14.8. The minimum Gasteiger partial charge on any atom is -0.481 e. The van der Waals surface area contributed by atoms with Crippen molar-refractivity contribution in [2.75, 3.05) is 64.1 Å². The van der Waals surface area contributed by atoms with E-state index in [2.05, 4.69) is 15.0 Å². The van der Waals surface area contributed by atoms with Crippen LogP contribution in [0.2, 0.25) is 0 Å². The average Bonchev–Trinajstić information content (AvgIpc) is 3.15. The van der Waals surface area contributed by atoms with Gasteiger partial charge in [0.15, 0.2) is 5.78 Å². The highest BCUT2D eigenvalue weighted by Gasteiger charge is 2.15. The molecule has 16 heteroatoms. The number of carboxylic acid groups (broad SMARTS) is 2. The maximum absolute atomic E-state index is 12.9. The zero-order chi connectivity index (χ0) is 40.0. The minimum absolute atomic E-state index is 0.0433. The molecule has 0 fully saturated rings. The van der Waals surface area contributed by atoms with Crippen molar-refractivity contribution < 1.29 is 56.8 Å². The van der Waals surface area contributed by atoms with Crippen molar-refractivity contribution in [1.29, 1.82) is 0 Å². The van der Waals surface area contributed by atoms with E-state index in [0.29, 0.717) is 19.4 Å². The van der Waals surface area contributed by atoms with E-state index in [0.717, 1.165) is 44.1 Å². The Labute approximate surface area is 324 Å². The van der Waals surface area contributed by atoms with Crippen LogP contribution in [0, 0.1) is 0 Å². The van der Waals surface area contributed by atoms with Crippen LogP contribution in [-0.2, 0) is 49.8 Å². The highest BCUT2D eigenvalue weighted by Crippen LogP contribution is 2.18. The molecule has 2 aromatic rings. The van der Waals surface area contributed by atoms with Crippen molar-refractivity contribution in [1.82, 2.24) is 10.3 Å². The first-order valence-corrected chi connectivity index (χ1v) is 20.7. The van der Waals surface area contributed by atoms with Gasteiger partial charge < -0.3 is 34.5 Å². The number of amides is 1. The van der Waals surface area contributed by atoms with Gasteiger partial charge in [-0.25, -0.2) is 18.2 Å². The second-order valence-electron chi connectivity index (χ2n) is 13.1. The van der Waals surface area contributed by atoms with Crippen molar-refractivity contribution in [3.05, 3.63) is 53.7 Å². The molecule has 0 radical (unpaired) electrons. The number of rotatable bonds is 35. The molecule has 0 saturated heterocycles. The SMILES string of the molecule is O=C(O)CCCCCCCCCCCCCc1ccc(S(=O)(=O)Nc2ccc(C(=O)NCCOCCOCC(=O)CCCOCCOCC(=O)O)cn2)cc1. The van der Waals surface area contributed by atoms with Crippen molar-refractivity contribution in [2.24, 2.45) is 0 Å². The topological polar surface area (TPSA) is 217 Å². The van der Waals surface area contributed by atoms with E-state index in [1.807, 2.05) is 12.1 Å². The Morgan fingerprint density at radius 3 is 1.78 bits per heavy atom. The summed E-state index contributed by atoms with van der Waals surface area (Å²) in [6.45, 7) is 1.28. The summed E-state index contributed by atoms with van der Waals surface area (Å²) in [5.74, 6) is -2.13. The Bertz CT molecular complexity index is 1490. The van der Waals surface area contributed by atoms with Crippen molar-refractivity contribution in [2.45, 2.75) is 101 Å². The van der Waals surface area contributed by atoms with Crippen LogP contribution in [-0.4, -0.2) is 107 Å². The number of aryl methyl sites for hydroxylation is 1. The molecule has 308 valence electrons. The zero-order valence-electron chi connectivity index (χ0n) is 31.8. The third-order valence-electron chi connectivity index (χ3n) is 8.36. The predicted molar refractivity (Wildman–Crippen MR) is 206 cm³/mol. The summed E-state index contributed by atoms with van der Waals surface area (Å²) in [5, 5.41) is 19.8. The van der Waals surface area contributed by atoms with E-state index in [1.165, 1.54) is 56.9 Å². The van der Waals surface area contributed by atoms with Gasteiger partial charge in [0.05, 0.1) is 43.5 Å². The molecule has 4 N–H and O–H groups in total. The third kappa shape index (κ3) is 24.2. The number of hydrogen-bond acceptors (Lipinski definition) is 11. The van der Waals surface area contributed by atoms with Gasteiger partial charge in [0.2, 0.25) is 0 Å². The highest BCUT2D eigenvalue weighted by molar-refractivity contribution is 7.92. The molecule has 0 atom stereocenters. The van der Waals surface area contributed by atoms with Gasteiger partial charge in [0.25, 0.3) is 15.9 Å². The fourth-order valence-electron chi connectivity index (χ4n) is 5.38. The molecule has 1 aromatic heterocycles. The molecule has 55 heavy (non-hydrogen) atoms. The third-order valence-corrected chi connectivity index (χ3v) is 9.73. The highest BCUT2D eigenvalue weighted by atomic mass is 32.2. The van der Waals surface area contributed by atoms with Crippen molar-refractivity contribution in [3.63, 3.8) is 0 Å². The molecule has 0 saturated carbocycles. The normalized spacial score (nSPS) is 11.3. The largest absolute Gasteiger partial charge is 0.481 e. The summed E-state index contributed by atoms with van der Waals surface area (Å²) in [5.41, 5.74) is 1.34. The fourth-order valence-corrected chi connectivity index (χ4v) is 6.39. The molecular formula is C39H59N3O12S. The molecule has 1 amide bonds. The Hall–Kier alpha value is -3.96. The quantitative estimate of drug-likeness (QED) is 0.0642. The van der Waals surface area contributed by atoms with E-state index >= 15 is 0 Å². The molecular weight excluding hydrogens is 735 g/mol. The van der Waals surface area contributed by atoms with Crippen LogP contribution >= 0.6 is 0 Å². The number of unbranched alkanes of at least 4 members (excludes halogenated alkanes) is 10. The van der Waals surface area contributed by atoms with Crippen LogP contribution in [0.4, 0.5) is 5.82 Å². The number of carbonyl (C=O) groups excluding carboxylic acids is 2. The number of carbonyl (C=O) groups is 4. The number of benzene rings is 1. The number of nitrogens with one attached hydrogen (secondary N) is 2. The molecule has 0 aliphatic heterocycles. The summed E-state index contributed by atoms with van der Waals surface area (Å²) in [6.07, 6.45) is 15.5. The average molecular weight is 794 g/mol. The predicted octanol–water partition coefficient (Wildman–Crippen LogP) is 5.42. The van der Waals surface area contributed by atoms with Crippen LogP contribution < -0.4 is 10.0 Å². The van der Waals surface area contributed by atoms with E-state index in [1.54, 1.807) is 12.1 Å². The van der Waals surface area contributed by atoms with Gasteiger partial charge in [-0.05, 0) is 55.5 Å². The summed E-state index contributed by atoms with van der Waals surface area (Å²) in [4.78, 5) is 49.4. The first-order chi connectivity index (χ1) is 26.6. The summed E-state index contributed by atoms with van der Waals surface area (Å²) in [7, 11) is -3.86.